The van der Waals surface area contributed by atoms with E-state index in [1.54, 1.807) is 31.4 Å². The Balaban J connectivity index is 1.36. The lowest BCUT2D eigenvalue weighted by molar-refractivity contribution is 0.281. The molecule has 0 aliphatic carbocycles. The highest BCUT2D eigenvalue weighted by Crippen LogP contribution is 2.30. The lowest BCUT2D eigenvalue weighted by atomic mass is 9.86. The van der Waals surface area contributed by atoms with Crippen LogP contribution in [0, 0.1) is 5.92 Å². The molecule has 0 spiro atoms. The van der Waals surface area contributed by atoms with E-state index in [1.807, 2.05) is 36.2 Å². The minimum absolute atomic E-state index is 0.0625. The summed E-state index contributed by atoms with van der Waals surface area (Å²) in [5, 5.41) is 27.8. The van der Waals surface area contributed by atoms with Gasteiger partial charge in [-0.3, -0.25) is 9.59 Å². The fourth-order valence-electron chi connectivity index (χ4n) is 6.23. The van der Waals surface area contributed by atoms with E-state index in [4.69, 9.17) is 0 Å². The number of aryl methyl sites for hydroxylation is 1. The molecule has 6 rings (SSSR count). The summed E-state index contributed by atoms with van der Waals surface area (Å²) in [4.78, 5) is 28.9. The molecule has 2 aromatic heterocycles. The minimum atomic E-state index is -0.354. The number of hydrogen-bond donors (Lipinski definition) is 3. The van der Waals surface area contributed by atoms with Crippen LogP contribution in [-0.2, 0) is 19.1 Å². The van der Waals surface area contributed by atoms with Crippen LogP contribution in [-0.4, -0.2) is 51.0 Å². The van der Waals surface area contributed by atoms with Crippen LogP contribution in [0.25, 0.3) is 27.7 Å². The van der Waals surface area contributed by atoms with Crippen molar-refractivity contribution in [2.75, 3.05) is 25.0 Å². The number of allylic oxidation sites excluding steroid dienone is 2. The van der Waals surface area contributed by atoms with Crippen molar-refractivity contribution < 1.29 is 5.11 Å². The second kappa shape index (κ2) is 12.1. The van der Waals surface area contributed by atoms with Crippen LogP contribution in [0.1, 0.15) is 44.7 Å². The molecule has 45 heavy (non-hydrogen) atoms. The summed E-state index contributed by atoms with van der Waals surface area (Å²) in [6, 6.07) is 13.0. The number of fused-ring (bicyclic) bond motifs is 1. The van der Waals surface area contributed by atoms with Crippen LogP contribution in [0.5, 0.6) is 0 Å². The Labute approximate surface area is 262 Å². The molecule has 10 heteroatoms. The van der Waals surface area contributed by atoms with Gasteiger partial charge in [-0.05, 0) is 78.7 Å². The van der Waals surface area contributed by atoms with Crippen LogP contribution in [0.3, 0.4) is 0 Å². The van der Waals surface area contributed by atoms with Gasteiger partial charge >= 0.3 is 0 Å². The first-order valence-electron chi connectivity index (χ1n) is 15.5. The minimum Gasteiger partial charge on any atom is -0.392 e. The summed E-state index contributed by atoms with van der Waals surface area (Å²) in [6.07, 6.45) is 9.99. The number of aliphatic hydroxyl groups excluding tert-OH is 1. The summed E-state index contributed by atoms with van der Waals surface area (Å²) in [6.45, 7) is 8.08. The Morgan fingerprint density at radius 3 is 2.53 bits per heavy atom. The van der Waals surface area contributed by atoms with Crippen molar-refractivity contribution in [3.63, 3.8) is 0 Å². The van der Waals surface area contributed by atoms with Crippen molar-refractivity contribution in [3.05, 3.63) is 104 Å². The first-order valence-corrected chi connectivity index (χ1v) is 15.5. The van der Waals surface area contributed by atoms with Crippen molar-refractivity contribution in [1.29, 1.82) is 0 Å². The Kier molecular flexibility index (Phi) is 8.20. The largest absolute Gasteiger partial charge is 0.392 e. The molecule has 0 bridgehead atoms. The molecule has 4 heterocycles. The van der Waals surface area contributed by atoms with Crippen molar-refractivity contribution in [2.45, 2.75) is 51.8 Å². The number of rotatable bonds is 6. The van der Waals surface area contributed by atoms with Gasteiger partial charge in [0.2, 0.25) is 0 Å². The topological polar surface area (TPSA) is 117 Å². The monoisotopic (exact) mass is 607 g/mol. The second-order valence-electron chi connectivity index (χ2n) is 13.0. The van der Waals surface area contributed by atoms with Crippen LogP contribution in [0.2, 0.25) is 0 Å². The summed E-state index contributed by atoms with van der Waals surface area (Å²) in [5.41, 5.74) is 4.32. The molecule has 234 valence electrons. The highest BCUT2D eigenvalue weighted by molar-refractivity contribution is 5.82. The number of likely N-dealkylation sites (N-methyl/N-ethyl adjacent to an activating group) is 1. The molecule has 2 aromatic carbocycles. The molecule has 1 unspecified atom stereocenters. The number of dihydropyridines is 1. The van der Waals surface area contributed by atoms with E-state index in [9.17, 15) is 14.7 Å². The highest BCUT2D eigenvalue weighted by atomic mass is 16.3. The maximum atomic E-state index is 13.7. The van der Waals surface area contributed by atoms with Gasteiger partial charge in [-0.2, -0.15) is 14.9 Å². The first-order chi connectivity index (χ1) is 21.6. The molecule has 1 saturated heterocycles. The number of nitrogens with zero attached hydrogens (tertiary/aromatic N) is 5. The number of piperidine rings is 1. The molecule has 0 saturated carbocycles. The fourth-order valence-corrected chi connectivity index (χ4v) is 6.23. The standard InChI is InChI=1S/C35H41N7O3/c1-35(2,3)25-10-11-26-24(17-25)20-38-42(33(26)44)30-8-6-7-27(28(30)21-43)29-18-31(34(45)41(5)39-29)40(4)32-12-9-23(19-37-32)22-13-15-36-16-14-22/h6-12,17-20,22,32,36-37,43H,13-16,21H2,1-5H3. The molecule has 3 N–H and O–H groups in total. The molecular formula is C35H41N7O3. The average molecular weight is 608 g/mol. The average Bonchev–Trinajstić information content (AvgIpc) is 3.05. The SMILES string of the molecule is CN(c1cc(-c2cccc(-n3ncc4cc(C(C)(C)C)ccc4c3=O)c2CO)nn(C)c1=O)C1C=CC(C2CCNCC2)=CN1. The van der Waals surface area contributed by atoms with Crippen molar-refractivity contribution >= 4 is 16.5 Å². The molecular weight excluding hydrogens is 566 g/mol. The van der Waals surface area contributed by atoms with Crippen molar-refractivity contribution in [2.24, 2.45) is 13.0 Å². The fraction of sp³-hybridized carbons (Fsp3) is 0.371. The molecule has 0 amide bonds. The predicted molar refractivity (Wildman–Crippen MR) is 179 cm³/mol. The summed E-state index contributed by atoms with van der Waals surface area (Å²) < 4.78 is 2.64. The maximum Gasteiger partial charge on any atom is 0.290 e. The van der Waals surface area contributed by atoms with Gasteiger partial charge in [-0.1, -0.05) is 45.0 Å². The van der Waals surface area contributed by atoms with E-state index < -0.39 is 0 Å². The van der Waals surface area contributed by atoms with Crippen LogP contribution in [0.4, 0.5) is 5.69 Å². The van der Waals surface area contributed by atoms with E-state index in [2.05, 4.69) is 60.0 Å². The molecule has 4 aromatic rings. The summed E-state index contributed by atoms with van der Waals surface area (Å²) in [5.74, 6) is 0.524. The van der Waals surface area contributed by atoms with Gasteiger partial charge in [0.25, 0.3) is 11.1 Å². The summed E-state index contributed by atoms with van der Waals surface area (Å²) >= 11 is 0. The Morgan fingerprint density at radius 1 is 1.07 bits per heavy atom. The third kappa shape index (κ3) is 5.83. The van der Waals surface area contributed by atoms with Crippen LogP contribution < -0.4 is 26.7 Å². The van der Waals surface area contributed by atoms with Crippen LogP contribution >= 0.6 is 0 Å². The zero-order valence-corrected chi connectivity index (χ0v) is 26.5. The Hall–Kier alpha value is -4.54. The zero-order valence-electron chi connectivity index (χ0n) is 26.5. The van der Waals surface area contributed by atoms with E-state index in [-0.39, 0.29) is 29.3 Å². The normalized spacial score (nSPS) is 17.3. The quantitative estimate of drug-likeness (QED) is 0.304. The van der Waals surface area contributed by atoms with E-state index in [0.717, 1.165) is 36.9 Å². The number of aliphatic hydroxyl groups is 1. The predicted octanol–water partition coefficient (Wildman–Crippen LogP) is 3.74. The van der Waals surface area contributed by atoms with E-state index >= 15 is 0 Å². The molecule has 1 atom stereocenters. The first kappa shape index (κ1) is 30.5. The lowest BCUT2D eigenvalue weighted by Crippen LogP contribution is -2.44. The smallest absolute Gasteiger partial charge is 0.290 e. The number of hydrogen-bond acceptors (Lipinski definition) is 8. The van der Waals surface area contributed by atoms with Gasteiger partial charge in [0.15, 0.2) is 0 Å². The lowest BCUT2D eigenvalue weighted by Gasteiger charge is -2.32. The third-order valence-corrected chi connectivity index (χ3v) is 9.01. The second-order valence-corrected chi connectivity index (χ2v) is 13.0. The molecule has 0 radical (unpaired) electrons. The molecule has 2 aliphatic heterocycles. The van der Waals surface area contributed by atoms with Crippen molar-refractivity contribution in [3.8, 4) is 16.9 Å². The molecule has 1 fully saturated rings. The number of benzene rings is 2. The van der Waals surface area contributed by atoms with Gasteiger partial charge in [-0.15, -0.1) is 0 Å². The molecule has 10 nitrogen and oxygen atoms in total. The number of anilines is 1. The van der Waals surface area contributed by atoms with Crippen LogP contribution in [0.15, 0.2) is 82.2 Å². The van der Waals surface area contributed by atoms with Crippen molar-refractivity contribution in [1.82, 2.24) is 30.2 Å². The number of aromatic nitrogens is 4. The van der Waals surface area contributed by atoms with Gasteiger partial charge in [0.05, 0.1) is 29.6 Å². The maximum absolute atomic E-state index is 13.7. The number of nitrogens with one attached hydrogen (secondary N) is 2. The van der Waals surface area contributed by atoms with Gasteiger partial charge in [0.1, 0.15) is 11.9 Å². The molecule has 2 aliphatic rings. The highest BCUT2D eigenvalue weighted by Gasteiger charge is 2.24. The summed E-state index contributed by atoms with van der Waals surface area (Å²) in [7, 11) is 3.49. The van der Waals surface area contributed by atoms with Gasteiger partial charge in [-0.25, -0.2) is 4.68 Å². The third-order valence-electron chi connectivity index (χ3n) is 9.01. The Bertz CT molecular complexity index is 1930. The zero-order chi connectivity index (χ0) is 31.9. The van der Waals surface area contributed by atoms with Gasteiger partial charge in [0, 0.05) is 36.8 Å². The van der Waals surface area contributed by atoms with E-state index in [0.29, 0.717) is 39.5 Å². The van der Waals surface area contributed by atoms with E-state index in [1.165, 1.54) is 14.9 Å². The van der Waals surface area contributed by atoms with Gasteiger partial charge < -0.3 is 20.6 Å². The Morgan fingerprint density at radius 2 is 1.84 bits per heavy atom.